The molecule has 0 spiro atoms. The van der Waals surface area contributed by atoms with Crippen LogP contribution in [0.4, 0.5) is 10.8 Å². The molecule has 3 aromatic rings. The first-order valence-corrected chi connectivity index (χ1v) is 11.7. The lowest BCUT2D eigenvalue weighted by Gasteiger charge is -2.11. The third-order valence-corrected chi connectivity index (χ3v) is 7.09. The number of amides is 1. The molecule has 10 heteroatoms. The Kier molecular flexibility index (Phi) is 6.68. The summed E-state index contributed by atoms with van der Waals surface area (Å²) in [5, 5.41) is 11.0. The second-order valence-electron chi connectivity index (χ2n) is 5.88. The van der Waals surface area contributed by atoms with Crippen molar-refractivity contribution in [2.45, 2.75) is 16.2 Å². The van der Waals surface area contributed by atoms with E-state index in [0.29, 0.717) is 27.7 Å². The van der Waals surface area contributed by atoms with Crippen LogP contribution in [0.5, 0.6) is 0 Å². The Morgan fingerprint density at radius 1 is 1.21 bits per heavy atom. The maximum absolute atomic E-state index is 12.5. The minimum Gasteiger partial charge on any atom is -0.296 e. The monoisotopic (exact) mass is 446 g/mol. The van der Waals surface area contributed by atoms with Gasteiger partial charge >= 0.3 is 0 Å². The van der Waals surface area contributed by atoms with Crippen molar-refractivity contribution < 1.29 is 13.2 Å². The van der Waals surface area contributed by atoms with Gasteiger partial charge in [-0.15, -0.1) is 16.8 Å². The molecule has 1 heterocycles. The number of sulfonamides is 1. The summed E-state index contributed by atoms with van der Waals surface area (Å²) in [5.41, 5.74) is 1.42. The smallest absolute Gasteiger partial charge is 0.261 e. The summed E-state index contributed by atoms with van der Waals surface area (Å²) in [7, 11) is -3.70. The summed E-state index contributed by atoms with van der Waals surface area (Å²) in [5.74, 6) is 0.365. The first-order chi connectivity index (χ1) is 13.9. The van der Waals surface area contributed by atoms with E-state index >= 15 is 0 Å². The quantitative estimate of drug-likeness (QED) is 0.306. The molecule has 0 fully saturated rings. The number of anilines is 2. The number of nitrogens with one attached hydrogen (secondary N) is 2. The zero-order chi connectivity index (χ0) is 20.9. The van der Waals surface area contributed by atoms with Crippen LogP contribution in [0, 0.1) is 6.92 Å². The van der Waals surface area contributed by atoms with E-state index in [2.05, 4.69) is 26.8 Å². The van der Waals surface area contributed by atoms with Crippen LogP contribution in [-0.2, 0) is 10.0 Å². The Morgan fingerprint density at radius 2 is 1.97 bits per heavy atom. The molecule has 0 saturated carbocycles. The molecule has 2 aromatic carbocycles. The molecule has 0 aliphatic heterocycles. The third kappa shape index (κ3) is 5.43. The normalized spacial score (nSPS) is 11.1. The number of aromatic nitrogens is 2. The van der Waals surface area contributed by atoms with E-state index < -0.39 is 10.0 Å². The Morgan fingerprint density at radius 3 is 2.66 bits per heavy atom. The summed E-state index contributed by atoms with van der Waals surface area (Å²) in [6.07, 6.45) is 1.76. The van der Waals surface area contributed by atoms with Gasteiger partial charge in [0.25, 0.3) is 15.9 Å². The van der Waals surface area contributed by atoms with Gasteiger partial charge in [-0.05, 0) is 42.8 Å². The highest BCUT2D eigenvalue weighted by molar-refractivity contribution is 8.01. The average Bonchev–Trinajstić information content (AvgIpc) is 3.15. The van der Waals surface area contributed by atoms with E-state index in [1.165, 1.54) is 35.2 Å². The van der Waals surface area contributed by atoms with Gasteiger partial charge in [0.15, 0.2) is 4.34 Å². The zero-order valence-corrected chi connectivity index (χ0v) is 17.9. The predicted molar refractivity (Wildman–Crippen MR) is 117 cm³/mol. The Bertz CT molecular complexity index is 1130. The maximum Gasteiger partial charge on any atom is 0.261 e. The molecule has 0 aliphatic carbocycles. The fraction of sp³-hybridized carbons (Fsp3) is 0.105. The Balaban J connectivity index is 1.71. The first kappa shape index (κ1) is 21.0. The van der Waals surface area contributed by atoms with Crippen molar-refractivity contribution in [1.82, 2.24) is 10.2 Å². The maximum atomic E-state index is 12.5. The standard InChI is InChI=1S/C19H18N4O3S3/c1-3-11-27-19-22-21-18(28-19)20-17(24)14-9-10-16(13(2)12-14)23-29(25,26)15-7-5-4-6-8-15/h3-10,12,23H,1,11H2,2H3,(H,20,21,24). The van der Waals surface area contributed by atoms with E-state index in [0.717, 1.165) is 4.34 Å². The predicted octanol–water partition coefficient (Wildman–Crippen LogP) is 4.18. The summed E-state index contributed by atoms with van der Waals surface area (Å²) >= 11 is 2.76. The highest BCUT2D eigenvalue weighted by Gasteiger charge is 2.16. The second-order valence-corrected chi connectivity index (χ2v) is 9.80. The van der Waals surface area contributed by atoms with Crippen LogP contribution in [-0.4, -0.2) is 30.3 Å². The number of carbonyl (C=O) groups is 1. The molecule has 0 bridgehead atoms. The molecule has 29 heavy (non-hydrogen) atoms. The lowest BCUT2D eigenvalue weighted by atomic mass is 10.1. The van der Waals surface area contributed by atoms with Crippen molar-refractivity contribution >= 4 is 49.8 Å². The molecular weight excluding hydrogens is 428 g/mol. The van der Waals surface area contributed by atoms with Crippen molar-refractivity contribution in [1.29, 1.82) is 0 Å². The van der Waals surface area contributed by atoms with Gasteiger partial charge in [0.05, 0.1) is 10.6 Å². The molecule has 1 aromatic heterocycles. The number of hydrogen-bond donors (Lipinski definition) is 2. The third-order valence-electron chi connectivity index (χ3n) is 3.74. The van der Waals surface area contributed by atoms with Gasteiger partial charge in [-0.3, -0.25) is 14.8 Å². The average molecular weight is 447 g/mol. The number of nitrogens with zero attached hydrogens (tertiary/aromatic N) is 2. The summed E-state index contributed by atoms with van der Waals surface area (Å²) in [6, 6.07) is 12.8. The summed E-state index contributed by atoms with van der Waals surface area (Å²) < 4.78 is 28.2. The second kappa shape index (κ2) is 9.21. The van der Waals surface area contributed by atoms with Gasteiger partial charge in [-0.25, -0.2) is 8.42 Å². The number of thioether (sulfide) groups is 1. The molecule has 0 aliphatic rings. The molecule has 3 rings (SSSR count). The Hall–Kier alpha value is -2.69. The van der Waals surface area contributed by atoms with E-state index in [1.807, 2.05) is 0 Å². The molecule has 1 amide bonds. The van der Waals surface area contributed by atoms with E-state index in [-0.39, 0.29) is 10.8 Å². The molecule has 7 nitrogen and oxygen atoms in total. The minimum atomic E-state index is -3.70. The Labute approximate surface area is 177 Å². The van der Waals surface area contributed by atoms with Crippen LogP contribution in [0.15, 0.2) is 70.4 Å². The lowest BCUT2D eigenvalue weighted by Crippen LogP contribution is -2.15. The van der Waals surface area contributed by atoms with Crippen LogP contribution >= 0.6 is 23.1 Å². The van der Waals surface area contributed by atoms with Gasteiger partial charge in [0.1, 0.15) is 0 Å². The van der Waals surface area contributed by atoms with Gasteiger partial charge in [-0.2, -0.15) is 0 Å². The van der Waals surface area contributed by atoms with Crippen LogP contribution in [0.1, 0.15) is 15.9 Å². The van der Waals surface area contributed by atoms with Crippen LogP contribution in [0.3, 0.4) is 0 Å². The van der Waals surface area contributed by atoms with Gasteiger partial charge in [-0.1, -0.05) is 47.4 Å². The molecule has 150 valence electrons. The van der Waals surface area contributed by atoms with Crippen molar-refractivity contribution in [3.05, 3.63) is 72.3 Å². The highest BCUT2D eigenvalue weighted by atomic mass is 32.2. The first-order valence-electron chi connectivity index (χ1n) is 8.46. The summed E-state index contributed by atoms with van der Waals surface area (Å²) in [4.78, 5) is 12.6. The number of benzene rings is 2. The topological polar surface area (TPSA) is 101 Å². The molecule has 0 saturated heterocycles. The fourth-order valence-electron chi connectivity index (χ4n) is 2.34. The van der Waals surface area contributed by atoms with E-state index in [1.54, 1.807) is 49.4 Å². The van der Waals surface area contributed by atoms with Crippen LogP contribution in [0.2, 0.25) is 0 Å². The van der Waals surface area contributed by atoms with Crippen LogP contribution < -0.4 is 10.0 Å². The number of hydrogen-bond acceptors (Lipinski definition) is 7. The molecule has 2 N–H and O–H groups in total. The zero-order valence-electron chi connectivity index (χ0n) is 15.5. The van der Waals surface area contributed by atoms with Crippen molar-refractivity contribution in [2.24, 2.45) is 0 Å². The van der Waals surface area contributed by atoms with Gasteiger partial charge in [0.2, 0.25) is 5.13 Å². The molecular formula is C19H18N4O3S3. The highest BCUT2D eigenvalue weighted by Crippen LogP contribution is 2.26. The largest absolute Gasteiger partial charge is 0.296 e. The number of aryl methyl sites for hydroxylation is 1. The van der Waals surface area contributed by atoms with Crippen molar-refractivity contribution in [2.75, 3.05) is 15.8 Å². The SMILES string of the molecule is C=CCSc1nnc(NC(=O)c2ccc(NS(=O)(=O)c3ccccc3)c(C)c2)s1. The van der Waals surface area contributed by atoms with Gasteiger partial charge < -0.3 is 0 Å². The summed E-state index contributed by atoms with van der Waals surface area (Å²) in [6.45, 7) is 5.38. The lowest BCUT2D eigenvalue weighted by molar-refractivity contribution is 0.102. The van der Waals surface area contributed by atoms with Crippen molar-refractivity contribution in [3.63, 3.8) is 0 Å². The molecule has 0 atom stereocenters. The number of carbonyl (C=O) groups excluding carboxylic acids is 1. The van der Waals surface area contributed by atoms with E-state index in [9.17, 15) is 13.2 Å². The fourth-order valence-corrected chi connectivity index (χ4v) is 5.00. The van der Waals surface area contributed by atoms with Crippen molar-refractivity contribution in [3.8, 4) is 0 Å². The number of rotatable bonds is 8. The van der Waals surface area contributed by atoms with E-state index in [4.69, 9.17) is 0 Å². The van der Waals surface area contributed by atoms with Crippen LogP contribution in [0.25, 0.3) is 0 Å². The van der Waals surface area contributed by atoms with Gasteiger partial charge in [0, 0.05) is 11.3 Å². The minimum absolute atomic E-state index is 0.169. The molecule has 0 unspecified atom stereocenters. The molecule has 0 radical (unpaired) electrons.